The van der Waals surface area contributed by atoms with Crippen LogP contribution in [-0.4, -0.2) is 0 Å². The highest BCUT2D eigenvalue weighted by atomic mass is 35.5. The lowest BCUT2D eigenvalue weighted by Crippen LogP contribution is -1.97. The van der Waals surface area contributed by atoms with E-state index < -0.39 is 0 Å². The van der Waals surface area contributed by atoms with Crippen LogP contribution in [0.1, 0.15) is 4.88 Å². The molecule has 2 N–H and O–H groups in total. The number of hydrogen-bond donors (Lipinski definition) is 1. The van der Waals surface area contributed by atoms with E-state index in [1.807, 2.05) is 42.5 Å². The molecule has 2 aromatic carbocycles. The van der Waals surface area contributed by atoms with Gasteiger partial charge in [-0.2, -0.15) is 0 Å². The number of para-hydroxylation sites is 2. The first-order valence-electron chi connectivity index (χ1n) is 5.89. The highest BCUT2D eigenvalue weighted by Gasteiger charge is 2.10. The molecule has 0 aliphatic carbocycles. The molecule has 0 unspecified atom stereocenters. The summed E-state index contributed by atoms with van der Waals surface area (Å²) < 4.78 is 6.91. The molecule has 0 fully saturated rings. The van der Waals surface area contributed by atoms with Gasteiger partial charge in [-0.15, -0.1) is 11.3 Å². The lowest BCUT2D eigenvalue weighted by molar-refractivity contribution is 0.312. The lowest BCUT2D eigenvalue weighted by atomic mass is 10.2. The Morgan fingerprint density at radius 2 is 1.79 bits per heavy atom. The van der Waals surface area contributed by atoms with Gasteiger partial charge in [-0.3, -0.25) is 0 Å². The number of benzene rings is 2. The van der Waals surface area contributed by atoms with Crippen LogP contribution in [0.4, 0.5) is 5.69 Å². The average Bonchev–Trinajstić information content (AvgIpc) is 2.75. The Morgan fingerprint density at radius 1 is 1.05 bits per heavy atom. The van der Waals surface area contributed by atoms with E-state index in [9.17, 15) is 0 Å². The van der Waals surface area contributed by atoms with Crippen LogP contribution in [0.5, 0.6) is 5.75 Å². The SMILES string of the molecule is Nc1ccccc1OCc1sc2ccccc2c1Cl. The summed E-state index contributed by atoms with van der Waals surface area (Å²) in [5.41, 5.74) is 6.48. The molecule has 0 amide bonds. The van der Waals surface area contributed by atoms with Crippen molar-refractivity contribution in [3.05, 3.63) is 58.4 Å². The molecule has 1 aromatic heterocycles. The molecule has 0 saturated carbocycles. The standard InChI is InChI=1S/C15H12ClNOS/c16-15-10-5-1-4-8-13(10)19-14(15)9-18-12-7-3-2-6-11(12)17/h1-8H,9,17H2. The van der Waals surface area contributed by atoms with Crippen molar-refractivity contribution < 1.29 is 4.74 Å². The van der Waals surface area contributed by atoms with Crippen LogP contribution in [-0.2, 0) is 6.61 Å². The fraction of sp³-hybridized carbons (Fsp3) is 0.0667. The van der Waals surface area contributed by atoms with Gasteiger partial charge >= 0.3 is 0 Å². The van der Waals surface area contributed by atoms with E-state index >= 15 is 0 Å². The number of ether oxygens (including phenoxy) is 1. The van der Waals surface area contributed by atoms with Crippen LogP contribution in [0.2, 0.25) is 5.02 Å². The number of fused-ring (bicyclic) bond motifs is 1. The first kappa shape index (κ1) is 12.3. The summed E-state index contributed by atoms with van der Waals surface area (Å²) in [6.45, 7) is 0.437. The number of nitrogens with two attached hydrogens (primary N) is 1. The molecule has 0 aliphatic heterocycles. The maximum atomic E-state index is 6.36. The Hall–Kier alpha value is -1.71. The van der Waals surface area contributed by atoms with Gasteiger partial charge in [-0.1, -0.05) is 41.9 Å². The van der Waals surface area contributed by atoms with Crippen molar-refractivity contribution in [1.82, 2.24) is 0 Å². The van der Waals surface area contributed by atoms with Crippen LogP contribution in [0.3, 0.4) is 0 Å². The maximum Gasteiger partial charge on any atom is 0.142 e. The van der Waals surface area contributed by atoms with Crippen LogP contribution in [0.25, 0.3) is 10.1 Å². The van der Waals surface area contributed by atoms with Gasteiger partial charge in [0.1, 0.15) is 12.4 Å². The monoisotopic (exact) mass is 289 g/mol. The highest BCUT2D eigenvalue weighted by molar-refractivity contribution is 7.19. The molecule has 0 bridgehead atoms. The second-order valence-corrected chi connectivity index (χ2v) is 5.68. The van der Waals surface area contributed by atoms with Crippen molar-refractivity contribution in [3.63, 3.8) is 0 Å². The number of anilines is 1. The Morgan fingerprint density at radius 3 is 2.58 bits per heavy atom. The number of rotatable bonds is 3. The first-order valence-corrected chi connectivity index (χ1v) is 7.08. The predicted octanol–water partition coefficient (Wildman–Crippen LogP) is 4.72. The van der Waals surface area contributed by atoms with E-state index in [1.165, 1.54) is 4.70 Å². The van der Waals surface area contributed by atoms with E-state index in [2.05, 4.69) is 6.07 Å². The van der Waals surface area contributed by atoms with Crippen LogP contribution in [0, 0.1) is 0 Å². The molecule has 0 saturated heterocycles. The third kappa shape index (κ3) is 2.39. The molecule has 2 nitrogen and oxygen atoms in total. The fourth-order valence-electron chi connectivity index (χ4n) is 1.91. The van der Waals surface area contributed by atoms with E-state index in [-0.39, 0.29) is 0 Å². The molecule has 0 atom stereocenters. The second kappa shape index (κ2) is 5.11. The zero-order valence-corrected chi connectivity index (χ0v) is 11.7. The smallest absolute Gasteiger partial charge is 0.142 e. The zero-order valence-electron chi connectivity index (χ0n) is 10.1. The molecule has 0 aliphatic rings. The highest BCUT2D eigenvalue weighted by Crippen LogP contribution is 2.36. The van der Waals surface area contributed by atoms with Crippen molar-refractivity contribution in [2.24, 2.45) is 0 Å². The summed E-state index contributed by atoms with van der Waals surface area (Å²) in [6, 6.07) is 15.5. The molecule has 96 valence electrons. The van der Waals surface area contributed by atoms with E-state index in [0.717, 1.165) is 15.3 Å². The van der Waals surface area contributed by atoms with Gasteiger partial charge in [0, 0.05) is 10.1 Å². The molecule has 3 aromatic rings. The summed E-state index contributed by atoms with van der Waals surface area (Å²) in [7, 11) is 0. The normalized spacial score (nSPS) is 10.8. The van der Waals surface area contributed by atoms with Gasteiger partial charge in [0.05, 0.1) is 15.6 Å². The summed E-state index contributed by atoms with van der Waals surface area (Å²) in [5, 5.41) is 1.85. The van der Waals surface area contributed by atoms with Gasteiger partial charge in [0.2, 0.25) is 0 Å². The largest absolute Gasteiger partial charge is 0.486 e. The van der Waals surface area contributed by atoms with Gasteiger partial charge in [-0.05, 0) is 18.2 Å². The average molecular weight is 290 g/mol. The number of nitrogen functional groups attached to an aromatic ring is 1. The fourth-order valence-corrected chi connectivity index (χ4v) is 3.31. The minimum atomic E-state index is 0.437. The molecule has 3 rings (SSSR count). The Bertz CT molecular complexity index is 723. The Balaban J connectivity index is 1.86. The molecule has 1 heterocycles. The third-order valence-electron chi connectivity index (χ3n) is 2.88. The van der Waals surface area contributed by atoms with Crippen LogP contribution < -0.4 is 10.5 Å². The van der Waals surface area contributed by atoms with Gasteiger partial charge in [-0.25, -0.2) is 0 Å². The third-order valence-corrected chi connectivity index (χ3v) is 4.57. The minimum absolute atomic E-state index is 0.437. The van der Waals surface area contributed by atoms with Crippen molar-refractivity contribution in [2.45, 2.75) is 6.61 Å². The Kier molecular flexibility index (Phi) is 3.32. The quantitative estimate of drug-likeness (QED) is 0.708. The molecule has 19 heavy (non-hydrogen) atoms. The van der Waals surface area contributed by atoms with Crippen LogP contribution in [0.15, 0.2) is 48.5 Å². The molecule has 4 heteroatoms. The van der Waals surface area contributed by atoms with Crippen molar-refractivity contribution in [3.8, 4) is 5.75 Å². The molecular weight excluding hydrogens is 278 g/mol. The van der Waals surface area contributed by atoms with Crippen molar-refractivity contribution >= 4 is 38.7 Å². The second-order valence-electron chi connectivity index (χ2n) is 4.16. The van der Waals surface area contributed by atoms with Crippen molar-refractivity contribution in [2.75, 3.05) is 5.73 Å². The summed E-state index contributed by atoms with van der Waals surface area (Å²) in [5.74, 6) is 0.691. The number of thiophene rings is 1. The van der Waals surface area contributed by atoms with E-state index in [0.29, 0.717) is 18.0 Å². The topological polar surface area (TPSA) is 35.2 Å². The molecule has 0 radical (unpaired) electrons. The Labute approximate surface area is 120 Å². The lowest BCUT2D eigenvalue weighted by Gasteiger charge is -2.07. The zero-order chi connectivity index (χ0) is 13.2. The van der Waals surface area contributed by atoms with Gasteiger partial charge in [0.15, 0.2) is 0 Å². The van der Waals surface area contributed by atoms with E-state index in [1.54, 1.807) is 11.3 Å². The number of halogens is 1. The summed E-state index contributed by atoms with van der Waals surface area (Å²) in [6.07, 6.45) is 0. The predicted molar refractivity (Wildman–Crippen MR) is 82.0 cm³/mol. The minimum Gasteiger partial charge on any atom is -0.486 e. The first-order chi connectivity index (χ1) is 9.25. The van der Waals surface area contributed by atoms with Crippen molar-refractivity contribution in [1.29, 1.82) is 0 Å². The number of hydrogen-bond acceptors (Lipinski definition) is 3. The molecular formula is C15H12ClNOS. The van der Waals surface area contributed by atoms with E-state index in [4.69, 9.17) is 22.1 Å². The van der Waals surface area contributed by atoms with Crippen LogP contribution >= 0.6 is 22.9 Å². The maximum absolute atomic E-state index is 6.36. The summed E-state index contributed by atoms with van der Waals surface area (Å²) in [4.78, 5) is 1.02. The molecule has 0 spiro atoms. The van der Waals surface area contributed by atoms with Gasteiger partial charge in [0.25, 0.3) is 0 Å². The van der Waals surface area contributed by atoms with Gasteiger partial charge < -0.3 is 10.5 Å². The summed E-state index contributed by atoms with van der Waals surface area (Å²) >= 11 is 8.01.